The fraction of sp³-hybridized carbons (Fsp3) is 0.214. The first-order valence-corrected chi connectivity index (χ1v) is 9.34. The van der Waals surface area contributed by atoms with Crippen LogP contribution in [-0.2, 0) is 14.8 Å². The largest absolute Gasteiger partial charge is 0.375 e. The number of benzene rings is 1. The van der Waals surface area contributed by atoms with E-state index in [1.165, 1.54) is 6.07 Å². The maximum absolute atomic E-state index is 12.0. The number of carbonyl (C=O) groups excluding carboxylic acids is 1. The Morgan fingerprint density at radius 1 is 1.26 bits per heavy atom. The zero-order valence-electron chi connectivity index (χ0n) is 12.5. The summed E-state index contributed by atoms with van der Waals surface area (Å²) in [5.74, 6) is -0.476. The molecule has 1 heterocycles. The minimum Gasteiger partial charge on any atom is -0.375 e. The molecular formula is C14H16ClN3O3S2. The van der Waals surface area contributed by atoms with E-state index in [0.29, 0.717) is 16.4 Å². The van der Waals surface area contributed by atoms with E-state index in [9.17, 15) is 13.2 Å². The second-order valence-corrected chi connectivity index (χ2v) is 8.18. The van der Waals surface area contributed by atoms with Crippen molar-refractivity contribution in [3.8, 4) is 0 Å². The third kappa shape index (κ3) is 4.44. The van der Waals surface area contributed by atoms with Gasteiger partial charge in [0.25, 0.3) is 10.0 Å². The normalized spacial score (nSPS) is 11.3. The van der Waals surface area contributed by atoms with Crippen molar-refractivity contribution in [3.05, 3.63) is 40.7 Å². The van der Waals surface area contributed by atoms with Crippen LogP contribution in [0.1, 0.15) is 0 Å². The summed E-state index contributed by atoms with van der Waals surface area (Å²) in [6, 6.07) is 8.24. The van der Waals surface area contributed by atoms with Gasteiger partial charge < -0.3 is 10.2 Å². The molecule has 1 aromatic carbocycles. The zero-order valence-corrected chi connectivity index (χ0v) is 14.9. The summed E-state index contributed by atoms with van der Waals surface area (Å²) in [7, 11) is -0.0638. The van der Waals surface area contributed by atoms with E-state index < -0.39 is 15.9 Å². The number of anilines is 2. The van der Waals surface area contributed by atoms with E-state index in [-0.39, 0.29) is 10.8 Å². The van der Waals surface area contributed by atoms with Crippen LogP contribution in [0.4, 0.5) is 11.4 Å². The highest BCUT2D eigenvalue weighted by atomic mass is 35.5. The van der Waals surface area contributed by atoms with Crippen LogP contribution >= 0.6 is 22.9 Å². The molecule has 2 aromatic rings. The van der Waals surface area contributed by atoms with Gasteiger partial charge in [-0.15, -0.1) is 11.3 Å². The molecule has 23 heavy (non-hydrogen) atoms. The lowest BCUT2D eigenvalue weighted by Crippen LogP contribution is -2.32. The summed E-state index contributed by atoms with van der Waals surface area (Å²) in [4.78, 5) is 13.8. The zero-order chi connectivity index (χ0) is 17.0. The van der Waals surface area contributed by atoms with E-state index >= 15 is 0 Å². The van der Waals surface area contributed by atoms with Crippen molar-refractivity contribution in [1.29, 1.82) is 0 Å². The van der Waals surface area contributed by atoms with Crippen LogP contribution in [0.25, 0.3) is 0 Å². The lowest BCUT2D eigenvalue weighted by atomic mass is 10.2. The number of amides is 1. The van der Waals surface area contributed by atoms with Crippen LogP contribution in [0.2, 0.25) is 5.02 Å². The Morgan fingerprint density at radius 2 is 2.00 bits per heavy atom. The summed E-state index contributed by atoms with van der Waals surface area (Å²) in [6.45, 7) is -0.361. The topological polar surface area (TPSA) is 78.5 Å². The predicted molar refractivity (Wildman–Crippen MR) is 93.9 cm³/mol. The van der Waals surface area contributed by atoms with E-state index in [1.54, 1.807) is 48.6 Å². The first-order valence-electron chi connectivity index (χ1n) is 6.60. The molecule has 2 rings (SSSR count). The number of sulfonamides is 1. The molecule has 0 radical (unpaired) electrons. The van der Waals surface area contributed by atoms with Crippen molar-refractivity contribution in [1.82, 2.24) is 4.72 Å². The summed E-state index contributed by atoms with van der Waals surface area (Å²) in [6.07, 6.45) is 0. The molecule has 2 N–H and O–H groups in total. The number of carbonyl (C=O) groups is 1. The Hall–Kier alpha value is -1.61. The van der Waals surface area contributed by atoms with E-state index in [4.69, 9.17) is 11.6 Å². The van der Waals surface area contributed by atoms with Crippen molar-refractivity contribution >= 4 is 50.2 Å². The molecule has 0 aliphatic heterocycles. The molecule has 1 amide bonds. The Labute approximate surface area is 144 Å². The van der Waals surface area contributed by atoms with Crippen LogP contribution in [0, 0.1) is 0 Å². The lowest BCUT2D eigenvalue weighted by molar-refractivity contribution is -0.115. The molecular weight excluding hydrogens is 358 g/mol. The lowest BCUT2D eigenvalue weighted by Gasteiger charge is -2.19. The molecule has 0 bridgehead atoms. The molecule has 0 saturated heterocycles. The van der Waals surface area contributed by atoms with Gasteiger partial charge >= 0.3 is 0 Å². The smallest absolute Gasteiger partial charge is 0.250 e. The average molecular weight is 374 g/mol. The summed E-state index contributed by atoms with van der Waals surface area (Å²) >= 11 is 7.21. The first kappa shape index (κ1) is 17.7. The van der Waals surface area contributed by atoms with Gasteiger partial charge in [-0.3, -0.25) is 4.79 Å². The maximum Gasteiger partial charge on any atom is 0.250 e. The average Bonchev–Trinajstić information content (AvgIpc) is 3.00. The van der Waals surface area contributed by atoms with Gasteiger partial charge in [0.2, 0.25) is 5.91 Å². The molecule has 0 spiro atoms. The number of thiophene rings is 1. The Morgan fingerprint density at radius 3 is 2.61 bits per heavy atom. The third-order valence-electron chi connectivity index (χ3n) is 2.89. The Kier molecular flexibility index (Phi) is 5.64. The number of para-hydroxylation sites is 1. The summed E-state index contributed by atoms with van der Waals surface area (Å²) in [5.41, 5.74) is 1.17. The van der Waals surface area contributed by atoms with Crippen molar-refractivity contribution < 1.29 is 13.2 Å². The van der Waals surface area contributed by atoms with Crippen LogP contribution in [-0.4, -0.2) is 35.0 Å². The first-order chi connectivity index (χ1) is 10.8. The molecule has 124 valence electrons. The van der Waals surface area contributed by atoms with Gasteiger partial charge in [0.15, 0.2) is 0 Å². The van der Waals surface area contributed by atoms with Gasteiger partial charge in [-0.1, -0.05) is 23.7 Å². The number of halogens is 1. The standard InChI is InChI=1S/C14H16ClN3O3S2/c1-18(2)14-10(15)5-3-6-11(14)17-12(19)9-16-23(20,21)13-7-4-8-22-13/h3-8,16H,9H2,1-2H3,(H,17,19). The van der Waals surface area contributed by atoms with Crippen LogP contribution < -0.4 is 14.9 Å². The minimum absolute atomic E-state index is 0.169. The summed E-state index contributed by atoms with van der Waals surface area (Å²) in [5, 5.41) is 4.81. The second kappa shape index (κ2) is 7.31. The molecule has 0 atom stereocenters. The minimum atomic E-state index is -3.67. The highest BCUT2D eigenvalue weighted by Crippen LogP contribution is 2.32. The van der Waals surface area contributed by atoms with Crippen molar-refractivity contribution in [3.63, 3.8) is 0 Å². The molecule has 1 aromatic heterocycles. The van der Waals surface area contributed by atoms with Crippen LogP contribution in [0.15, 0.2) is 39.9 Å². The number of nitrogens with one attached hydrogen (secondary N) is 2. The third-order valence-corrected chi connectivity index (χ3v) is 5.99. The predicted octanol–water partition coefficient (Wildman–Crippen LogP) is 2.38. The van der Waals surface area contributed by atoms with Crippen LogP contribution in [0.5, 0.6) is 0 Å². The molecule has 0 aliphatic rings. The highest BCUT2D eigenvalue weighted by Gasteiger charge is 2.17. The fourth-order valence-corrected chi connectivity index (χ4v) is 4.28. The van der Waals surface area contributed by atoms with Crippen LogP contribution in [0.3, 0.4) is 0 Å². The van der Waals surface area contributed by atoms with Gasteiger partial charge in [0, 0.05) is 14.1 Å². The van der Waals surface area contributed by atoms with Crippen molar-refractivity contribution in [2.45, 2.75) is 4.21 Å². The van der Waals surface area contributed by atoms with Gasteiger partial charge in [0.05, 0.1) is 22.9 Å². The highest BCUT2D eigenvalue weighted by molar-refractivity contribution is 7.91. The van der Waals surface area contributed by atoms with Crippen molar-refractivity contribution in [2.75, 3.05) is 30.9 Å². The van der Waals surface area contributed by atoms with E-state index in [0.717, 1.165) is 11.3 Å². The van der Waals surface area contributed by atoms with Gasteiger partial charge in [-0.2, -0.15) is 0 Å². The van der Waals surface area contributed by atoms with Crippen molar-refractivity contribution in [2.24, 2.45) is 0 Å². The summed E-state index contributed by atoms with van der Waals surface area (Å²) < 4.78 is 26.4. The van der Waals surface area contributed by atoms with Gasteiger partial charge in [0.1, 0.15) is 4.21 Å². The van der Waals surface area contributed by atoms with Gasteiger partial charge in [-0.25, -0.2) is 13.1 Å². The number of hydrogen-bond acceptors (Lipinski definition) is 5. The molecule has 0 unspecified atom stereocenters. The molecule has 0 fully saturated rings. The number of nitrogens with zero attached hydrogens (tertiary/aromatic N) is 1. The monoisotopic (exact) mass is 373 g/mol. The van der Waals surface area contributed by atoms with E-state index in [1.807, 2.05) is 0 Å². The van der Waals surface area contributed by atoms with E-state index in [2.05, 4.69) is 10.0 Å². The second-order valence-electron chi connectivity index (χ2n) is 4.84. The fourth-order valence-electron chi connectivity index (χ4n) is 1.91. The SMILES string of the molecule is CN(C)c1c(Cl)cccc1NC(=O)CNS(=O)(=O)c1cccs1. The quantitative estimate of drug-likeness (QED) is 0.814. The number of rotatable bonds is 6. The van der Waals surface area contributed by atoms with Gasteiger partial charge in [-0.05, 0) is 23.6 Å². The Bertz CT molecular complexity index is 790. The number of hydrogen-bond donors (Lipinski definition) is 2. The molecule has 9 heteroatoms. The Balaban J connectivity index is 2.05. The molecule has 0 saturated carbocycles. The maximum atomic E-state index is 12.0. The molecule has 0 aliphatic carbocycles. The molecule has 6 nitrogen and oxygen atoms in total.